The molecular weight excluding hydrogens is 248 g/mol. The summed E-state index contributed by atoms with van der Waals surface area (Å²) in [7, 11) is 0. The molecule has 1 saturated carbocycles. The largest absolute Gasteiger partial charge is 0.394 e. The Balaban J connectivity index is 2.52. The van der Waals surface area contributed by atoms with Crippen molar-refractivity contribution >= 4 is 0 Å². The van der Waals surface area contributed by atoms with Crippen molar-refractivity contribution in [3.8, 4) is 6.07 Å². The molecular formula is C17H32N2O. The van der Waals surface area contributed by atoms with Gasteiger partial charge in [0.25, 0.3) is 0 Å². The molecule has 2 unspecified atom stereocenters. The fraction of sp³-hybridized carbons (Fsp3) is 0.941. The highest BCUT2D eigenvalue weighted by Gasteiger charge is 2.42. The van der Waals surface area contributed by atoms with Gasteiger partial charge in [0.05, 0.1) is 18.1 Å². The first-order valence-electron chi connectivity index (χ1n) is 7.91. The smallest absolute Gasteiger partial charge is 0.0683 e. The van der Waals surface area contributed by atoms with Gasteiger partial charge in [-0.25, -0.2) is 0 Å². The number of rotatable bonds is 6. The Kier molecular flexibility index (Phi) is 5.63. The summed E-state index contributed by atoms with van der Waals surface area (Å²) in [4.78, 5) is 0. The van der Waals surface area contributed by atoms with Crippen LogP contribution in [-0.2, 0) is 0 Å². The Morgan fingerprint density at radius 2 is 2.00 bits per heavy atom. The van der Waals surface area contributed by atoms with E-state index >= 15 is 0 Å². The summed E-state index contributed by atoms with van der Waals surface area (Å²) in [5, 5.41) is 22.5. The Morgan fingerprint density at radius 1 is 1.35 bits per heavy atom. The van der Waals surface area contributed by atoms with Gasteiger partial charge in [-0.15, -0.1) is 0 Å². The van der Waals surface area contributed by atoms with Crippen LogP contribution in [0.25, 0.3) is 0 Å². The molecule has 1 aliphatic carbocycles. The van der Waals surface area contributed by atoms with Crippen molar-refractivity contribution in [2.24, 2.45) is 16.7 Å². The van der Waals surface area contributed by atoms with Crippen LogP contribution in [0.4, 0.5) is 0 Å². The van der Waals surface area contributed by atoms with Crippen LogP contribution in [0.5, 0.6) is 0 Å². The van der Waals surface area contributed by atoms with E-state index in [1.54, 1.807) is 0 Å². The Bertz CT molecular complexity index is 356. The van der Waals surface area contributed by atoms with Crippen LogP contribution in [0.1, 0.15) is 66.7 Å². The number of hydrogen-bond donors (Lipinski definition) is 2. The van der Waals surface area contributed by atoms with E-state index in [0.717, 1.165) is 32.2 Å². The normalized spacial score (nSPS) is 29.9. The van der Waals surface area contributed by atoms with Crippen LogP contribution in [0, 0.1) is 28.1 Å². The van der Waals surface area contributed by atoms with Gasteiger partial charge in [0.1, 0.15) is 0 Å². The molecule has 0 aliphatic heterocycles. The lowest BCUT2D eigenvalue weighted by molar-refractivity contribution is 0.0361. The second kappa shape index (κ2) is 6.45. The maximum atomic E-state index is 9.88. The third-order valence-corrected chi connectivity index (χ3v) is 4.54. The summed E-state index contributed by atoms with van der Waals surface area (Å²) in [6.07, 6.45) is 5.20. The molecule has 0 heterocycles. The lowest BCUT2D eigenvalue weighted by Gasteiger charge is -2.47. The van der Waals surface area contributed by atoms with E-state index in [0.29, 0.717) is 11.3 Å². The van der Waals surface area contributed by atoms with Gasteiger partial charge in [0.2, 0.25) is 0 Å². The van der Waals surface area contributed by atoms with Gasteiger partial charge >= 0.3 is 0 Å². The molecule has 3 heteroatoms. The second-order valence-corrected chi connectivity index (χ2v) is 8.32. The van der Waals surface area contributed by atoms with Crippen LogP contribution in [0.15, 0.2) is 0 Å². The van der Waals surface area contributed by atoms with E-state index in [9.17, 15) is 5.11 Å². The second-order valence-electron chi connectivity index (χ2n) is 8.32. The molecule has 1 rings (SSSR count). The van der Waals surface area contributed by atoms with E-state index in [1.165, 1.54) is 6.42 Å². The first-order valence-corrected chi connectivity index (χ1v) is 7.91. The zero-order chi connectivity index (χ0) is 15.4. The van der Waals surface area contributed by atoms with Crippen LogP contribution in [0.3, 0.4) is 0 Å². The minimum atomic E-state index is -0.243. The number of hydrogen-bond acceptors (Lipinski definition) is 3. The van der Waals surface area contributed by atoms with Crippen molar-refractivity contribution < 1.29 is 5.11 Å². The highest BCUT2D eigenvalue weighted by molar-refractivity contribution is 4.99. The van der Waals surface area contributed by atoms with E-state index in [2.05, 4.69) is 32.2 Å². The molecule has 116 valence electrons. The summed E-state index contributed by atoms with van der Waals surface area (Å²) in [6.45, 7) is 11.9. The summed E-state index contributed by atoms with van der Waals surface area (Å²) in [5.41, 5.74) is -0.0789. The summed E-state index contributed by atoms with van der Waals surface area (Å²) in [6, 6.07) is 2.35. The lowest BCUT2D eigenvalue weighted by Crippen LogP contribution is -2.55. The third-order valence-electron chi connectivity index (χ3n) is 4.54. The van der Waals surface area contributed by atoms with Crippen molar-refractivity contribution in [3.05, 3.63) is 0 Å². The summed E-state index contributed by atoms with van der Waals surface area (Å²) in [5.74, 6) is 0.647. The van der Waals surface area contributed by atoms with Crippen molar-refractivity contribution in [1.82, 2.24) is 5.32 Å². The molecule has 0 aromatic carbocycles. The Hall–Kier alpha value is -0.590. The quantitative estimate of drug-likeness (QED) is 0.732. The minimum absolute atomic E-state index is 0.127. The molecule has 0 bridgehead atoms. The zero-order valence-corrected chi connectivity index (χ0v) is 13.9. The Labute approximate surface area is 124 Å². The van der Waals surface area contributed by atoms with Crippen LogP contribution < -0.4 is 5.32 Å². The average Bonchev–Trinajstić information content (AvgIpc) is 2.32. The summed E-state index contributed by atoms with van der Waals surface area (Å²) < 4.78 is 0. The van der Waals surface area contributed by atoms with Crippen LogP contribution in [-0.4, -0.2) is 23.8 Å². The van der Waals surface area contributed by atoms with Crippen LogP contribution >= 0.6 is 0 Å². The topological polar surface area (TPSA) is 56.0 Å². The Morgan fingerprint density at radius 3 is 2.50 bits per heavy atom. The number of aliphatic hydroxyl groups is 1. The van der Waals surface area contributed by atoms with Gasteiger partial charge in [-0.2, -0.15) is 5.26 Å². The van der Waals surface area contributed by atoms with Crippen molar-refractivity contribution in [1.29, 1.82) is 5.26 Å². The number of nitrogens with one attached hydrogen (secondary N) is 1. The maximum Gasteiger partial charge on any atom is 0.0683 e. The van der Waals surface area contributed by atoms with Gasteiger partial charge in [-0.1, -0.05) is 20.8 Å². The van der Waals surface area contributed by atoms with E-state index < -0.39 is 0 Å². The lowest BCUT2D eigenvalue weighted by atomic mass is 9.64. The predicted octanol–water partition coefficient (Wildman–Crippen LogP) is 3.48. The first-order chi connectivity index (χ1) is 9.14. The third kappa shape index (κ3) is 5.07. The highest BCUT2D eigenvalue weighted by Crippen LogP contribution is 2.43. The SMILES string of the molecule is CC1CC(C)(C)CC(CO)(NCCCC(C)(C)C#N)C1. The van der Waals surface area contributed by atoms with Gasteiger partial charge in [-0.3, -0.25) is 0 Å². The fourth-order valence-electron chi connectivity index (χ4n) is 3.99. The molecule has 20 heavy (non-hydrogen) atoms. The average molecular weight is 280 g/mol. The molecule has 1 aliphatic rings. The van der Waals surface area contributed by atoms with E-state index in [-0.39, 0.29) is 17.6 Å². The highest BCUT2D eigenvalue weighted by atomic mass is 16.3. The number of nitrogens with zero attached hydrogens (tertiary/aromatic N) is 1. The van der Waals surface area contributed by atoms with Gasteiger partial charge in [-0.05, 0) is 63.8 Å². The van der Waals surface area contributed by atoms with Gasteiger partial charge < -0.3 is 10.4 Å². The number of aliphatic hydroxyl groups excluding tert-OH is 1. The molecule has 0 amide bonds. The molecule has 2 atom stereocenters. The first kappa shape index (κ1) is 17.5. The monoisotopic (exact) mass is 280 g/mol. The fourth-order valence-corrected chi connectivity index (χ4v) is 3.99. The van der Waals surface area contributed by atoms with Crippen molar-refractivity contribution in [2.45, 2.75) is 72.3 Å². The maximum absolute atomic E-state index is 9.88. The predicted molar refractivity (Wildman–Crippen MR) is 83.2 cm³/mol. The van der Waals surface area contributed by atoms with E-state index in [1.807, 2.05) is 13.8 Å². The van der Waals surface area contributed by atoms with Gasteiger partial charge in [0.15, 0.2) is 0 Å². The molecule has 0 aromatic rings. The van der Waals surface area contributed by atoms with Crippen molar-refractivity contribution in [2.75, 3.05) is 13.2 Å². The van der Waals surface area contributed by atoms with Gasteiger partial charge in [0, 0.05) is 5.54 Å². The molecule has 0 spiro atoms. The molecule has 0 aromatic heterocycles. The molecule has 0 saturated heterocycles. The van der Waals surface area contributed by atoms with Crippen molar-refractivity contribution in [3.63, 3.8) is 0 Å². The molecule has 0 radical (unpaired) electrons. The molecule has 1 fully saturated rings. The number of nitriles is 1. The van der Waals surface area contributed by atoms with Crippen LogP contribution in [0.2, 0.25) is 0 Å². The molecule has 3 nitrogen and oxygen atoms in total. The molecule has 2 N–H and O–H groups in total. The standard InChI is InChI=1S/C17H32N2O/c1-14-9-16(4,5)11-17(10-14,13-20)19-8-6-7-15(2,3)12-18/h14,19-20H,6-11,13H2,1-5H3. The minimum Gasteiger partial charge on any atom is -0.394 e. The summed E-state index contributed by atoms with van der Waals surface area (Å²) >= 11 is 0. The zero-order valence-electron chi connectivity index (χ0n) is 13.9. The van der Waals surface area contributed by atoms with E-state index in [4.69, 9.17) is 5.26 Å².